The van der Waals surface area contributed by atoms with Crippen LogP contribution < -0.4 is 5.32 Å². The van der Waals surface area contributed by atoms with E-state index in [4.69, 9.17) is 0 Å². The Kier molecular flexibility index (Phi) is 3.56. The molecule has 0 bridgehead atoms. The van der Waals surface area contributed by atoms with E-state index in [1.54, 1.807) is 12.4 Å². The van der Waals surface area contributed by atoms with Crippen molar-refractivity contribution in [2.45, 2.75) is 18.1 Å². The molecule has 0 radical (unpaired) electrons. The molecule has 1 N–H and O–H groups in total. The van der Waals surface area contributed by atoms with Gasteiger partial charge in [0.25, 0.3) is 0 Å². The van der Waals surface area contributed by atoms with Gasteiger partial charge in [0.05, 0.1) is 11.0 Å². The number of nitrogens with one attached hydrogen (secondary N) is 1. The summed E-state index contributed by atoms with van der Waals surface area (Å²) in [6.45, 7) is 1.43. The molecule has 0 spiro atoms. The maximum absolute atomic E-state index is 12.0. The van der Waals surface area contributed by atoms with Crippen LogP contribution in [0.15, 0.2) is 24.5 Å². The molecular formula is C11H16N2O2S. The first-order valence-electron chi connectivity index (χ1n) is 5.50. The van der Waals surface area contributed by atoms with Gasteiger partial charge in [-0.05, 0) is 37.1 Å². The number of hydrogen-bond acceptors (Lipinski definition) is 4. The summed E-state index contributed by atoms with van der Waals surface area (Å²) in [4.78, 5) is 3.91. The number of aromatic nitrogens is 1. The van der Waals surface area contributed by atoms with Gasteiger partial charge in [0.1, 0.15) is 0 Å². The molecule has 5 heteroatoms. The number of nitrogens with zero attached hydrogens (tertiary/aromatic N) is 1. The zero-order valence-electron chi connectivity index (χ0n) is 9.09. The van der Waals surface area contributed by atoms with Crippen LogP contribution in [0.4, 0.5) is 0 Å². The number of rotatable bonds is 4. The van der Waals surface area contributed by atoms with Gasteiger partial charge >= 0.3 is 0 Å². The minimum absolute atomic E-state index is 0.186. The van der Waals surface area contributed by atoms with E-state index in [0.717, 1.165) is 18.5 Å². The molecular weight excluding hydrogens is 224 g/mol. The summed E-state index contributed by atoms with van der Waals surface area (Å²) in [5.41, 5.74) is 1.03. The highest BCUT2D eigenvalue weighted by molar-refractivity contribution is 7.92. The lowest BCUT2D eigenvalue weighted by Crippen LogP contribution is -2.27. The molecule has 0 saturated carbocycles. The SMILES string of the molecule is O=S(=O)(CCc1ccncc1)C1CCNC1. The standard InChI is InChI=1S/C11H16N2O2S/c14-16(15,11-3-7-13-9-11)8-4-10-1-5-12-6-2-10/h1-2,5-6,11,13H,3-4,7-9H2. The summed E-state index contributed by atoms with van der Waals surface area (Å²) in [5, 5.41) is 2.90. The second-order valence-electron chi connectivity index (χ2n) is 4.09. The van der Waals surface area contributed by atoms with E-state index in [1.807, 2.05) is 12.1 Å². The van der Waals surface area contributed by atoms with Crippen molar-refractivity contribution in [2.24, 2.45) is 0 Å². The molecule has 2 heterocycles. The average molecular weight is 240 g/mol. The van der Waals surface area contributed by atoms with Crippen molar-refractivity contribution in [3.05, 3.63) is 30.1 Å². The first-order chi connectivity index (χ1) is 7.68. The highest BCUT2D eigenvalue weighted by atomic mass is 32.2. The average Bonchev–Trinajstić information content (AvgIpc) is 2.82. The van der Waals surface area contributed by atoms with Gasteiger partial charge in [0, 0.05) is 18.9 Å². The summed E-state index contributed by atoms with van der Waals surface area (Å²) in [5.74, 6) is 0.239. The fourth-order valence-electron chi connectivity index (χ4n) is 1.91. The Morgan fingerprint density at radius 2 is 2.12 bits per heavy atom. The van der Waals surface area contributed by atoms with Crippen LogP contribution in [0, 0.1) is 0 Å². The monoisotopic (exact) mass is 240 g/mol. The maximum Gasteiger partial charge on any atom is 0.154 e. The van der Waals surface area contributed by atoms with Crippen LogP contribution in [-0.2, 0) is 16.3 Å². The highest BCUT2D eigenvalue weighted by Crippen LogP contribution is 2.12. The third-order valence-electron chi connectivity index (χ3n) is 2.95. The van der Waals surface area contributed by atoms with Gasteiger partial charge < -0.3 is 5.32 Å². The molecule has 1 saturated heterocycles. The Bertz CT molecular complexity index is 425. The fraction of sp³-hybridized carbons (Fsp3) is 0.545. The summed E-state index contributed by atoms with van der Waals surface area (Å²) in [6, 6.07) is 3.73. The molecule has 1 aliphatic heterocycles. The predicted molar refractivity (Wildman–Crippen MR) is 63.0 cm³/mol. The fourth-order valence-corrected chi connectivity index (χ4v) is 3.61. The number of sulfone groups is 1. The number of hydrogen-bond donors (Lipinski definition) is 1. The summed E-state index contributed by atoms with van der Waals surface area (Å²) in [6.07, 6.45) is 4.72. The van der Waals surface area contributed by atoms with E-state index in [0.29, 0.717) is 13.0 Å². The van der Waals surface area contributed by atoms with Crippen LogP contribution in [0.5, 0.6) is 0 Å². The molecule has 1 unspecified atom stereocenters. The van der Waals surface area contributed by atoms with Crippen LogP contribution >= 0.6 is 0 Å². The summed E-state index contributed by atoms with van der Waals surface area (Å²) >= 11 is 0. The van der Waals surface area contributed by atoms with E-state index >= 15 is 0 Å². The lowest BCUT2D eigenvalue weighted by Gasteiger charge is -2.09. The van der Waals surface area contributed by atoms with Crippen LogP contribution in [-0.4, -0.2) is 37.5 Å². The topological polar surface area (TPSA) is 59.1 Å². The van der Waals surface area contributed by atoms with Gasteiger partial charge in [-0.15, -0.1) is 0 Å². The van der Waals surface area contributed by atoms with Crippen LogP contribution in [0.1, 0.15) is 12.0 Å². The van der Waals surface area contributed by atoms with Crippen molar-refractivity contribution in [1.82, 2.24) is 10.3 Å². The number of aryl methyl sites for hydroxylation is 1. The Labute approximate surface area is 96.0 Å². The van der Waals surface area contributed by atoms with Crippen molar-refractivity contribution < 1.29 is 8.42 Å². The van der Waals surface area contributed by atoms with Gasteiger partial charge in [-0.3, -0.25) is 4.98 Å². The van der Waals surface area contributed by atoms with Gasteiger partial charge in [-0.1, -0.05) is 0 Å². The smallest absolute Gasteiger partial charge is 0.154 e. The minimum atomic E-state index is -2.94. The van der Waals surface area contributed by atoms with E-state index in [1.165, 1.54) is 0 Å². The normalized spacial score (nSPS) is 21.1. The largest absolute Gasteiger partial charge is 0.315 e. The molecule has 2 rings (SSSR count). The molecule has 1 aromatic rings. The first-order valence-corrected chi connectivity index (χ1v) is 7.21. The van der Waals surface area contributed by atoms with E-state index in [-0.39, 0.29) is 11.0 Å². The second kappa shape index (κ2) is 4.93. The Hall–Kier alpha value is -0.940. The lowest BCUT2D eigenvalue weighted by atomic mass is 10.2. The van der Waals surface area contributed by atoms with Gasteiger partial charge in [0.2, 0.25) is 0 Å². The zero-order chi connectivity index (χ0) is 11.4. The quantitative estimate of drug-likeness (QED) is 0.827. The van der Waals surface area contributed by atoms with Gasteiger partial charge in [-0.2, -0.15) is 0 Å². The third-order valence-corrected chi connectivity index (χ3v) is 5.14. The number of pyridine rings is 1. The predicted octanol–water partition coefficient (Wildman–Crippen LogP) is 0.401. The van der Waals surface area contributed by atoms with Crippen LogP contribution in [0.3, 0.4) is 0 Å². The van der Waals surface area contributed by atoms with Gasteiger partial charge in [-0.25, -0.2) is 8.42 Å². The molecule has 1 fully saturated rings. The van der Waals surface area contributed by atoms with Crippen molar-refractivity contribution >= 4 is 9.84 Å². The zero-order valence-corrected chi connectivity index (χ0v) is 9.91. The van der Waals surface area contributed by atoms with E-state index in [9.17, 15) is 8.42 Å². The van der Waals surface area contributed by atoms with Crippen molar-refractivity contribution in [2.75, 3.05) is 18.8 Å². The van der Waals surface area contributed by atoms with Crippen molar-refractivity contribution in [1.29, 1.82) is 0 Å². The van der Waals surface area contributed by atoms with Crippen LogP contribution in [0.25, 0.3) is 0 Å². The molecule has 16 heavy (non-hydrogen) atoms. The molecule has 1 atom stereocenters. The Morgan fingerprint density at radius 3 is 2.75 bits per heavy atom. The van der Waals surface area contributed by atoms with Crippen LogP contribution in [0.2, 0.25) is 0 Å². The Balaban J connectivity index is 1.94. The minimum Gasteiger partial charge on any atom is -0.315 e. The Morgan fingerprint density at radius 1 is 1.38 bits per heavy atom. The third kappa shape index (κ3) is 2.80. The maximum atomic E-state index is 12.0. The summed E-state index contributed by atoms with van der Waals surface area (Å²) < 4.78 is 23.9. The first kappa shape index (κ1) is 11.5. The highest BCUT2D eigenvalue weighted by Gasteiger charge is 2.27. The molecule has 1 aliphatic rings. The molecule has 0 amide bonds. The molecule has 0 aliphatic carbocycles. The molecule has 0 aromatic carbocycles. The summed E-state index contributed by atoms with van der Waals surface area (Å²) in [7, 11) is -2.94. The second-order valence-corrected chi connectivity index (χ2v) is 6.49. The van der Waals surface area contributed by atoms with Crippen molar-refractivity contribution in [3.63, 3.8) is 0 Å². The van der Waals surface area contributed by atoms with Crippen molar-refractivity contribution in [3.8, 4) is 0 Å². The molecule has 4 nitrogen and oxygen atoms in total. The lowest BCUT2D eigenvalue weighted by molar-refractivity contribution is 0.582. The van der Waals surface area contributed by atoms with E-state index in [2.05, 4.69) is 10.3 Å². The molecule has 1 aromatic heterocycles. The van der Waals surface area contributed by atoms with Gasteiger partial charge in [0.15, 0.2) is 9.84 Å². The molecule has 88 valence electrons. The van der Waals surface area contributed by atoms with E-state index < -0.39 is 9.84 Å².